The lowest BCUT2D eigenvalue weighted by Crippen LogP contribution is -2.27. The van der Waals surface area contributed by atoms with E-state index >= 15 is 0 Å². The molecule has 7 nitrogen and oxygen atoms in total. The lowest BCUT2D eigenvalue weighted by molar-refractivity contribution is -0.116. The number of carbonyl (C=O) groups is 2. The van der Waals surface area contributed by atoms with Gasteiger partial charge in [0.25, 0.3) is 5.56 Å². The number of nitrogens with zero attached hydrogens (tertiary/aromatic N) is 1. The van der Waals surface area contributed by atoms with Crippen molar-refractivity contribution in [1.29, 1.82) is 0 Å². The van der Waals surface area contributed by atoms with Crippen LogP contribution in [-0.2, 0) is 9.53 Å². The van der Waals surface area contributed by atoms with E-state index in [-0.39, 0.29) is 29.8 Å². The molecule has 1 fully saturated rings. The summed E-state index contributed by atoms with van der Waals surface area (Å²) in [4.78, 5) is 36.6. The first kappa shape index (κ1) is 16.6. The molecule has 0 radical (unpaired) electrons. The van der Waals surface area contributed by atoms with E-state index in [9.17, 15) is 14.4 Å². The molecule has 136 valence electrons. The second-order valence-corrected chi connectivity index (χ2v) is 6.93. The van der Waals surface area contributed by atoms with Gasteiger partial charge in [-0.1, -0.05) is 25.0 Å². The smallest absolute Gasteiger partial charge is 0.337 e. The van der Waals surface area contributed by atoms with Crippen LogP contribution in [0.3, 0.4) is 0 Å². The molecule has 0 spiro atoms. The second-order valence-electron chi connectivity index (χ2n) is 6.93. The number of aromatic amines is 1. The average molecular weight is 355 g/mol. The Balaban J connectivity index is 1.74. The Bertz CT molecular complexity index is 904. The van der Waals surface area contributed by atoms with Crippen molar-refractivity contribution in [2.24, 2.45) is 0 Å². The Kier molecular flexibility index (Phi) is 4.14. The number of H-pyrrole nitrogens is 1. The number of rotatable bonds is 3. The van der Waals surface area contributed by atoms with Crippen LogP contribution in [0.25, 0.3) is 0 Å². The van der Waals surface area contributed by atoms with E-state index in [1.807, 2.05) is 4.68 Å². The molecule has 1 aromatic carbocycles. The van der Waals surface area contributed by atoms with Gasteiger partial charge in [0.1, 0.15) is 5.82 Å². The van der Waals surface area contributed by atoms with Crippen molar-refractivity contribution in [2.75, 3.05) is 12.4 Å². The number of methoxy groups -OCH3 is 1. The van der Waals surface area contributed by atoms with Crippen LogP contribution in [0.4, 0.5) is 5.82 Å². The number of anilines is 1. The zero-order chi connectivity index (χ0) is 18.3. The van der Waals surface area contributed by atoms with E-state index in [0.29, 0.717) is 16.9 Å². The van der Waals surface area contributed by atoms with Crippen molar-refractivity contribution in [3.8, 4) is 0 Å². The van der Waals surface area contributed by atoms with E-state index in [2.05, 4.69) is 10.4 Å². The molecule has 1 atom stereocenters. The number of amides is 1. The van der Waals surface area contributed by atoms with Gasteiger partial charge in [-0.2, -0.15) is 0 Å². The summed E-state index contributed by atoms with van der Waals surface area (Å²) >= 11 is 0. The van der Waals surface area contributed by atoms with Crippen LogP contribution in [0.2, 0.25) is 0 Å². The van der Waals surface area contributed by atoms with Crippen molar-refractivity contribution in [3.63, 3.8) is 0 Å². The van der Waals surface area contributed by atoms with Crippen molar-refractivity contribution >= 4 is 17.7 Å². The zero-order valence-corrected chi connectivity index (χ0v) is 14.6. The first-order chi connectivity index (χ1) is 12.6. The number of benzene rings is 1. The van der Waals surface area contributed by atoms with Crippen molar-refractivity contribution < 1.29 is 14.3 Å². The molecule has 4 rings (SSSR count). The highest BCUT2D eigenvalue weighted by Gasteiger charge is 2.34. The van der Waals surface area contributed by atoms with E-state index < -0.39 is 5.97 Å². The number of hydrogen-bond acceptors (Lipinski definition) is 4. The van der Waals surface area contributed by atoms with Crippen LogP contribution >= 0.6 is 0 Å². The topological polar surface area (TPSA) is 93.2 Å². The number of esters is 1. The number of fused-ring (bicyclic) bond motifs is 1. The molecule has 2 aliphatic rings. The number of hydrogen-bond donors (Lipinski definition) is 2. The Morgan fingerprint density at radius 3 is 2.50 bits per heavy atom. The fourth-order valence-electron chi connectivity index (χ4n) is 4.07. The summed E-state index contributed by atoms with van der Waals surface area (Å²) in [5.41, 5.74) is 1.72. The summed E-state index contributed by atoms with van der Waals surface area (Å²) in [5, 5.41) is 5.81. The molecule has 1 amide bonds. The molecule has 1 saturated carbocycles. The minimum absolute atomic E-state index is 0.106. The van der Waals surface area contributed by atoms with Gasteiger partial charge in [0.15, 0.2) is 0 Å². The predicted octanol–water partition coefficient (Wildman–Crippen LogP) is 2.55. The van der Waals surface area contributed by atoms with Gasteiger partial charge in [-0.05, 0) is 30.5 Å². The van der Waals surface area contributed by atoms with Gasteiger partial charge < -0.3 is 10.1 Å². The summed E-state index contributed by atoms with van der Waals surface area (Å²) in [7, 11) is 1.33. The van der Waals surface area contributed by atoms with Crippen molar-refractivity contribution in [2.45, 2.75) is 44.1 Å². The van der Waals surface area contributed by atoms with Crippen molar-refractivity contribution in [3.05, 3.63) is 51.3 Å². The van der Waals surface area contributed by atoms with Gasteiger partial charge in [-0.25, -0.2) is 4.79 Å². The van der Waals surface area contributed by atoms with Crippen LogP contribution in [0.15, 0.2) is 29.1 Å². The molecule has 7 heteroatoms. The van der Waals surface area contributed by atoms with E-state index in [1.165, 1.54) is 7.11 Å². The predicted molar refractivity (Wildman–Crippen MR) is 95.4 cm³/mol. The summed E-state index contributed by atoms with van der Waals surface area (Å²) in [5.74, 6) is -0.244. The third kappa shape index (κ3) is 2.73. The molecule has 0 bridgehead atoms. The molecule has 2 aromatic rings. The first-order valence-electron chi connectivity index (χ1n) is 8.91. The van der Waals surface area contributed by atoms with Crippen LogP contribution in [0.1, 0.15) is 65.5 Å². The third-order valence-corrected chi connectivity index (χ3v) is 5.38. The molecule has 2 heterocycles. The molecule has 1 aliphatic heterocycles. The summed E-state index contributed by atoms with van der Waals surface area (Å²) in [6, 6.07) is 7.12. The SMILES string of the molecule is COC(=O)c1ccc([C@H]2CC(=O)Nc3c2c(=O)[nH]n3C2CCCC2)cc1. The van der Waals surface area contributed by atoms with Gasteiger partial charge >= 0.3 is 5.97 Å². The van der Waals surface area contributed by atoms with Gasteiger partial charge in [0, 0.05) is 12.3 Å². The lowest BCUT2D eigenvalue weighted by Gasteiger charge is -2.25. The molecule has 0 saturated heterocycles. The fourth-order valence-corrected chi connectivity index (χ4v) is 4.07. The molecule has 2 N–H and O–H groups in total. The van der Waals surface area contributed by atoms with Crippen LogP contribution < -0.4 is 10.9 Å². The summed E-state index contributed by atoms with van der Waals surface area (Å²) < 4.78 is 6.56. The van der Waals surface area contributed by atoms with Crippen molar-refractivity contribution in [1.82, 2.24) is 9.78 Å². The van der Waals surface area contributed by atoms with Crippen LogP contribution in [-0.4, -0.2) is 28.8 Å². The van der Waals surface area contributed by atoms with Crippen LogP contribution in [0.5, 0.6) is 0 Å². The number of aromatic nitrogens is 2. The van der Waals surface area contributed by atoms with Gasteiger partial charge in [-0.3, -0.25) is 19.4 Å². The molecular weight excluding hydrogens is 334 g/mol. The largest absolute Gasteiger partial charge is 0.465 e. The molecular formula is C19H21N3O4. The maximum atomic E-state index is 12.7. The van der Waals surface area contributed by atoms with Gasteiger partial charge in [0.05, 0.1) is 24.3 Å². The average Bonchev–Trinajstić information content (AvgIpc) is 3.29. The highest BCUT2D eigenvalue weighted by atomic mass is 16.5. The number of carbonyl (C=O) groups excluding carboxylic acids is 2. The molecule has 26 heavy (non-hydrogen) atoms. The third-order valence-electron chi connectivity index (χ3n) is 5.38. The fraction of sp³-hybridized carbons (Fsp3) is 0.421. The second kappa shape index (κ2) is 6.48. The minimum Gasteiger partial charge on any atom is -0.465 e. The number of ether oxygens (including phenoxy) is 1. The summed E-state index contributed by atoms with van der Waals surface area (Å²) in [6.45, 7) is 0. The number of nitrogens with one attached hydrogen (secondary N) is 2. The van der Waals surface area contributed by atoms with E-state index in [1.54, 1.807) is 24.3 Å². The highest BCUT2D eigenvalue weighted by molar-refractivity contribution is 5.94. The normalized spacial score (nSPS) is 19.9. The quantitative estimate of drug-likeness (QED) is 0.828. The first-order valence-corrected chi connectivity index (χ1v) is 8.91. The van der Waals surface area contributed by atoms with Gasteiger partial charge in [-0.15, -0.1) is 0 Å². The molecule has 1 aromatic heterocycles. The van der Waals surface area contributed by atoms with Gasteiger partial charge in [0.2, 0.25) is 5.91 Å². The van der Waals surface area contributed by atoms with Crippen LogP contribution in [0, 0.1) is 0 Å². The van der Waals surface area contributed by atoms with E-state index in [4.69, 9.17) is 4.74 Å². The monoisotopic (exact) mass is 355 g/mol. The van der Waals surface area contributed by atoms with E-state index in [0.717, 1.165) is 31.2 Å². The molecule has 1 aliphatic carbocycles. The minimum atomic E-state index is -0.413. The lowest BCUT2D eigenvalue weighted by atomic mass is 9.87. The Hall–Kier alpha value is -2.83. The maximum Gasteiger partial charge on any atom is 0.337 e. The standard InChI is InChI=1S/C19H21N3O4/c1-26-19(25)12-8-6-11(7-9-12)14-10-15(23)20-17-16(14)18(24)21-22(17)13-4-2-3-5-13/h6-9,13-14H,2-5,10H2,1H3,(H,20,23)(H,21,24)/t14-/m1/s1. The maximum absolute atomic E-state index is 12.7. The summed E-state index contributed by atoms with van der Waals surface area (Å²) in [6.07, 6.45) is 4.48. The Morgan fingerprint density at radius 2 is 1.85 bits per heavy atom. The Labute approximate surface area is 150 Å². The molecule has 0 unspecified atom stereocenters. The Morgan fingerprint density at radius 1 is 1.15 bits per heavy atom. The zero-order valence-electron chi connectivity index (χ0n) is 14.6. The highest BCUT2D eigenvalue weighted by Crippen LogP contribution is 2.38.